The highest BCUT2D eigenvalue weighted by molar-refractivity contribution is 6.47. The standard InChI is InChI=1S/C25H28BFN4O10/c1-3-30-8-9-31(23(36)22(30)35)25(39)29-18(13-5-7-15(32)19(33)11(13)2)21(34)28-16-10-12-4-6-14(27)17(24(37)38)20(12)41-26(16)40/h4-7,16,18,23,32-33,36,40H,3,8-10H2,1-2H3,(H,28,34)(H,29,39)(H,37,38)/t16-,18?,23?/m0/s1. The lowest BCUT2D eigenvalue weighted by Crippen LogP contribution is -2.61. The number of phenolic OH excluding ortho intramolecular Hbond substituents is 2. The van der Waals surface area contributed by atoms with Gasteiger partial charge in [0.25, 0.3) is 5.91 Å². The van der Waals surface area contributed by atoms with E-state index in [9.17, 15) is 49.0 Å². The Morgan fingerprint density at radius 3 is 2.56 bits per heavy atom. The van der Waals surface area contributed by atoms with E-state index in [0.29, 0.717) is 6.54 Å². The molecule has 4 rings (SSSR count). The number of aromatic carboxylic acids is 1. The largest absolute Gasteiger partial charge is 0.547 e. The third kappa shape index (κ3) is 5.56. The van der Waals surface area contributed by atoms with Gasteiger partial charge in [0.2, 0.25) is 12.1 Å². The Labute approximate surface area is 233 Å². The van der Waals surface area contributed by atoms with Crippen LogP contribution >= 0.6 is 0 Å². The highest BCUT2D eigenvalue weighted by Crippen LogP contribution is 2.35. The predicted molar refractivity (Wildman–Crippen MR) is 138 cm³/mol. The second-order valence-electron chi connectivity index (χ2n) is 9.56. The number of nitrogens with zero attached hydrogens (tertiary/aromatic N) is 2. The van der Waals surface area contributed by atoms with E-state index >= 15 is 0 Å². The maximum atomic E-state index is 14.1. The van der Waals surface area contributed by atoms with Gasteiger partial charge in [-0.15, -0.1) is 0 Å². The van der Waals surface area contributed by atoms with Crippen molar-refractivity contribution in [2.45, 2.75) is 38.5 Å². The number of carbonyl (C=O) groups excluding carboxylic acids is 3. The van der Waals surface area contributed by atoms with Crippen LogP contribution in [-0.2, 0) is 16.0 Å². The van der Waals surface area contributed by atoms with Gasteiger partial charge >= 0.3 is 19.1 Å². The highest BCUT2D eigenvalue weighted by Gasteiger charge is 2.41. The molecular formula is C25H28BFN4O10. The first kappa shape index (κ1) is 29.4. The molecule has 0 aromatic heterocycles. The lowest BCUT2D eigenvalue weighted by Gasteiger charge is -2.38. The third-order valence-electron chi connectivity index (χ3n) is 7.13. The second kappa shape index (κ2) is 11.5. The van der Waals surface area contributed by atoms with Crippen LogP contribution in [0, 0.1) is 12.7 Å². The number of halogens is 1. The molecule has 4 amide bonds. The van der Waals surface area contributed by atoms with Crippen molar-refractivity contribution in [1.82, 2.24) is 20.4 Å². The molecule has 0 bridgehead atoms. The molecule has 14 nitrogen and oxygen atoms in total. The number of aliphatic hydroxyl groups excluding tert-OH is 1. The molecule has 0 saturated carbocycles. The van der Waals surface area contributed by atoms with E-state index in [2.05, 4.69) is 10.6 Å². The maximum Gasteiger partial charge on any atom is 0.547 e. The Balaban J connectivity index is 1.62. The summed E-state index contributed by atoms with van der Waals surface area (Å²) in [7, 11) is -1.81. The number of phenols is 2. The third-order valence-corrected chi connectivity index (χ3v) is 7.13. The number of likely N-dealkylation sites (N-methyl/N-ethyl adjacent to an activating group) is 1. The molecular weight excluding hydrogens is 546 g/mol. The van der Waals surface area contributed by atoms with Gasteiger partial charge in [-0.1, -0.05) is 12.1 Å². The Kier molecular flexibility index (Phi) is 8.25. The Hall–Kier alpha value is -4.57. The van der Waals surface area contributed by atoms with Crippen LogP contribution in [0.25, 0.3) is 0 Å². The minimum absolute atomic E-state index is 0.0326. The van der Waals surface area contributed by atoms with Crippen LogP contribution < -0.4 is 15.3 Å². The Bertz CT molecular complexity index is 1410. The zero-order valence-electron chi connectivity index (χ0n) is 22.0. The van der Waals surface area contributed by atoms with E-state index < -0.39 is 72.0 Å². The van der Waals surface area contributed by atoms with Crippen LogP contribution in [0.3, 0.4) is 0 Å². The summed E-state index contributed by atoms with van der Waals surface area (Å²) in [6.45, 7) is 3.50. The molecule has 0 radical (unpaired) electrons. The zero-order chi connectivity index (χ0) is 30.2. The number of fused-ring (bicyclic) bond motifs is 1. The van der Waals surface area contributed by atoms with Crippen LogP contribution in [-0.4, -0.2) is 98.0 Å². The molecule has 3 atom stereocenters. The number of carbonyl (C=O) groups is 4. The average Bonchev–Trinajstić information content (AvgIpc) is 2.92. The van der Waals surface area contributed by atoms with E-state index in [4.69, 9.17) is 4.65 Å². The summed E-state index contributed by atoms with van der Waals surface area (Å²) in [6, 6.07) is 1.98. The summed E-state index contributed by atoms with van der Waals surface area (Å²) in [4.78, 5) is 52.8. The van der Waals surface area contributed by atoms with Crippen LogP contribution in [0.15, 0.2) is 24.3 Å². The summed E-state index contributed by atoms with van der Waals surface area (Å²) in [5.41, 5.74) is -0.511. The van der Waals surface area contributed by atoms with Gasteiger partial charge in [0.05, 0.1) is 5.94 Å². The van der Waals surface area contributed by atoms with Crippen molar-refractivity contribution in [3.63, 3.8) is 0 Å². The van der Waals surface area contributed by atoms with Gasteiger partial charge < -0.3 is 45.6 Å². The summed E-state index contributed by atoms with van der Waals surface area (Å²) >= 11 is 0. The summed E-state index contributed by atoms with van der Waals surface area (Å²) in [5, 5.41) is 55.4. The van der Waals surface area contributed by atoms with Gasteiger partial charge in [-0.05, 0) is 43.5 Å². The smallest absolute Gasteiger partial charge is 0.534 e. The molecule has 0 aliphatic carbocycles. The number of benzene rings is 2. The molecule has 2 heterocycles. The van der Waals surface area contributed by atoms with Crippen LogP contribution in [0.2, 0.25) is 0 Å². The minimum Gasteiger partial charge on any atom is -0.534 e. The van der Waals surface area contributed by atoms with Crippen molar-refractivity contribution < 1.29 is 53.7 Å². The number of aliphatic hydroxyl groups is 1. The number of nitrogens with one attached hydrogen (secondary N) is 2. The van der Waals surface area contributed by atoms with Crippen molar-refractivity contribution in [2.24, 2.45) is 0 Å². The number of aromatic hydroxyl groups is 2. The zero-order valence-corrected chi connectivity index (χ0v) is 22.0. The topological polar surface area (TPSA) is 209 Å². The van der Waals surface area contributed by atoms with Crippen molar-refractivity contribution >= 4 is 30.9 Å². The van der Waals surface area contributed by atoms with E-state index in [-0.39, 0.29) is 42.0 Å². The highest BCUT2D eigenvalue weighted by atomic mass is 19.1. The average molecular weight is 574 g/mol. The van der Waals surface area contributed by atoms with E-state index in [1.807, 2.05) is 0 Å². The van der Waals surface area contributed by atoms with Gasteiger partial charge in [0.15, 0.2) is 11.5 Å². The molecule has 1 saturated heterocycles. The van der Waals surface area contributed by atoms with Crippen LogP contribution in [0.1, 0.15) is 40.0 Å². The molecule has 41 heavy (non-hydrogen) atoms. The number of hydrogen-bond acceptors (Lipinski definition) is 9. The van der Waals surface area contributed by atoms with Crippen molar-refractivity contribution in [2.75, 3.05) is 19.6 Å². The van der Waals surface area contributed by atoms with E-state index in [1.54, 1.807) is 6.92 Å². The molecule has 2 aromatic rings. The van der Waals surface area contributed by atoms with Crippen LogP contribution in [0.4, 0.5) is 9.18 Å². The maximum absolute atomic E-state index is 14.1. The number of urea groups is 1. The lowest BCUT2D eigenvalue weighted by molar-refractivity contribution is -0.153. The van der Waals surface area contributed by atoms with Gasteiger partial charge in [0, 0.05) is 25.2 Å². The van der Waals surface area contributed by atoms with Crippen LogP contribution in [0.5, 0.6) is 17.2 Å². The number of hydrogen-bond donors (Lipinski definition) is 7. The first-order valence-corrected chi connectivity index (χ1v) is 12.6. The Morgan fingerprint density at radius 2 is 1.90 bits per heavy atom. The van der Waals surface area contributed by atoms with Gasteiger partial charge in [-0.3, -0.25) is 14.5 Å². The predicted octanol–water partition coefficient (Wildman–Crippen LogP) is -0.384. The lowest BCUT2D eigenvalue weighted by atomic mass is 9.72. The van der Waals surface area contributed by atoms with Crippen molar-refractivity contribution in [3.8, 4) is 17.2 Å². The summed E-state index contributed by atoms with van der Waals surface area (Å²) in [5.74, 6) is -6.92. The number of amides is 4. The van der Waals surface area contributed by atoms with E-state index in [1.165, 1.54) is 24.0 Å². The molecule has 1 fully saturated rings. The molecule has 2 aromatic carbocycles. The molecule has 218 valence electrons. The SMILES string of the molecule is CCN1CCN(C(=O)NC(C(=O)N[C@H]2Cc3ccc(F)c(C(=O)O)c3OB2O)c2ccc(O)c(O)c2C)C(O)C1=O. The summed E-state index contributed by atoms with van der Waals surface area (Å²) < 4.78 is 19.3. The quantitative estimate of drug-likeness (QED) is 0.176. The monoisotopic (exact) mass is 574 g/mol. The number of carboxylic acid groups (broad SMARTS) is 1. The summed E-state index contributed by atoms with van der Waals surface area (Å²) in [6.07, 6.45) is -1.98. The fraction of sp³-hybridized carbons (Fsp3) is 0.360. The molecule has 2 aliphatic rings. The molecule has 2 aliphatic heterocycles. The van der Waals surface area contributed by atoms with Gasteiger partial charge in [-0.25, -0.2) is 14.0 Å². The fourth-order valence-corrected chi connectivity index (χ4v) is 4.81. The van der Waals surface area contributed by atoms with Crippen molar-refractivity contribution in [1.29, 1.82) is 0 Å². The molecule has 7 N–H and O–H groups in total. The Morgan fingerprint density at radius 1 is 1.20 bits per heavy atom. The number of piperazine rings is 1. The first-order valence-electron chi connectivity index (χ1n) is 12.6. The van der Waals surface area contributed by atoms with Crippen molar-refractivity contribution in [3.05, 3.63) is 52.3 Å². The van der Waals surface area contributed by atoms with E-state index in [0.717, 1.165) is 17.0 Å². The second-order valence-corrected chi connectivity index (χ2v) is 9.56. The molecule has 16 heteroatoms. The molecule has 2 unspecified atom stereocenters. The van der Waals surface area contributed by atoms with Gasteiger partial charge in [-0.2, -0.15) is 0 Å². The minimum atomic E-state index is -1.81. The van der Waals surface area contributed by atoms with Gasteiger partial charge in [0.1, 0.15) is 23.2 Å². The number of carboxylic acids is 1. The fourth-order valence-electron chi connectivity index (χ4n) is 4.81. The molecule has 0 spiro atoms. The number of rotatable bonds is 6. The first-order chi connectivity index (χ1) is 19.3. The normalized spacial score (nSPS) is 19.2.